The molecule has 1 atom stereocenters. The smallest absolute Gasteiger partial charge is 0.246 e. The Labute approximate surface area is 143 Å². The van der Waals surface area contributed by atoms with Crippen LogP contribution in [0.4, 0.5) is 0 Å². The Kier molecular flexibility index (Phi) is 5.74. The van der Waals surface area contributed by atoms with Gasteiger partial charge in [0.2, 0.25) is 5.91 Å². The number of nitrogens with zero attached hydrogens (tertiary/aromatic N) is 2. The first-order valence-electron chi connectivity index (χ1n) is 8.69. The van der Waals surface area contributed by atoms with E-state index in [-0.39, 0.29) is 5.91 Å². The number of amides is 1. The zero-order chi connectivity index (χ0) is 16.1. The van der Waals surface area contributed by atoms with Gasteiger partial charge in [0.05, 0.1) is 0 Å². The predicted octanol–water partition coefficient (Wildman–Crippen LogP) is 3.83. The number of piperidine rings is 1. The molecule has 23 heavy (non-hydrogen) atoms. The summed E-state index contributed by atoms with van der Waals surface area (Å²) >= 11 is 5.89. The summed E-state index contributed by atoms with van der Waals surface area (Å²) in [4.78, 5) is 17.2. The molecule has 0 spiro atoms. The van der Waals surface area contributed by atoms with Crippen molar-refractivity contribution in [1.82, 2.24) is 9.80 Å². The highest BCUT2D eigenvalue weighted by Gasteiger charge is 2.27. The molecule has 2 heterocycles. The van der Waals surface area contributed by atoms with Gasteiger partial charge in [0.15, 0.2) is 0 Å². The van der Waals surface area contributed by atoms with E-state index in [0.29, 0.717) is 6.04 Å². The number of carbonyl (C=O) groups excluding carboxylic acids is 1. The summed E-state index contributed by atoms with van der Waals surface area (Å²) in [6.45, 7) is 4.32. The fourth-order valence-corrected chi connectivity index (χ4v) is 3.71. The molecule has 2 saturated heterocycles. The fourth-order valence-electron chi connectivity index (χ4n) is 3.58. The van der Waals surface area contributed by atoms with Crippen molar-refractivity contribution < 1.29 is 4.79 Å². The maximum absolute atomic E-state index is 12.6. The maximum Gasteiger partial charge on any atom is 0.246 e. The monoisotopic (exact) mass is 332 g/mol. The lowest BCUT2D eigenvalue weighted by molar-refractivity contribution is -0.129. The van der Waals surface area contributed by atoms with E-state index in [1.165, 1.54) is 32.4 Å². The maximum atomic E-state index is 12.6. The molecule has 0 saturated carbocycles. The van der Waals surface area contributed by atoms with Crippen LogP contribution in [-0.4, -0.2) is 47.9 Å². The van der Waals surface area contributed by atoms with Crippen molar-refractivity contribution in [2.45, 2.75) is 38.1 Å². The lowest BCUT2D eigenvalue weighted by Gasteiger charge is -2.37. The molecule has 0 radical (unpaired) electrons. The van der Waals surface area contributed by atoms with Crippen molar-refractivity contribution in [3.63, 3.8) is 0 Å². The number of carbonyl (C=O) groups is 1. The summed E-state index contributed by atoms with van der Waals surface area (Å²) in [6, 6.07) is 7.95. The van der Waals surface area contributed by atoms with Gasteiger partial charge in [-0.1, -0.05) is 23.7 Å². The minimum atomic E-state index is 0.142. The van der Waals surface area contributed by atoms with E-state index < -0.39 is 0 Å². The van der Waals surface area contributed by atoms with Gasteiger partial charge in [0.1, 0.15) is 0 Å². The average Bonchev–Trinajstić information content (AvgIpc) is 3.07. The first kappa shape index (κ1) is 16.5. The van der Waals surface area contributed by atoms with E-state index in [4.69, 9.17) is 11.6 Å². The highest BCUT2D eigenvalue weighted by atomic mass is 35.5. The summed E-state index contributed by atoms with van der Waals surface area (Å²) in [7, 11) is 0. The van der Waals surface area contributed by atoms with E-state index >= 15 is 0 Å². The van der Waals surface area contributed by atoms with Crippen molar-refractivity contribution in [2.24, 2.45) is 0 Å². The number of hydrogen-bond donors (Lipinski definition) is 0. The summed E-state index contributed by atoms with van der Waals surface area (Å²) in [5.74, 6) is 0.142. The largest absolute Gasteiger partial charge is 0.335 e. The molecule has 2 aliphatic heterocycles. The Balaban J connectivity index is 1.62. The van der Waals surface area contributed by atoms with Gasteiger partial charge in [-0.25, -0.2) is 0 Å². The third-order valence-electron chi connectivity index (χ3n) is 4.87. The van der Waals surface area contributed by atoms with Crippen LogP contribution in [-0.2, 0) is 4.79 Å². The molecule has 0 bridgehead atoms. The lowest BCUT2D eigenvalue weighted by atomic mass is 10.0. The summed E-state index contributed by atoms with van der Waals surface area (Å²) in [5.41, 5.74) is 1.01. The zero-order valence-corrected chi connectivity index (χ0v) is 14.3. The number of rotatable bonds is 4. The van der Waals surface area contributed by atoms with Gasteiger partial charge in [0, 0.05) is 30.2 Å². The van der Waals surface area contributed by atoms with Crippen LogP contribution in [0.3, 0.4) is 0 Å². The van der Waals surface area contributed by atoms with Gasteiger partial charge in [-0.3, -0.25) is 4.79 Å². The van der Waals surface area contributed by atoms with Gasteiger partial charge < -0.3 is 9.80 Å². The minimum Gasteiger partial charge on any atom is -0.335 e. The van der Waals surface area contributed by atoms with Crippen molar-refractivity contribution in [2.75, 3.05) is 26.2 Å². The SMILES string of the molecule is O=C(C=Cc1ccc(Cl)cc1)N1CCCCC1CN1CCCC1. The molecule has 0 N–H and O–H groups in total. The van der Waals surface area contributed by atoms with Crippen LogP contribution in [0.25, 0.3) is 6.08 Å². The van der Waals surface area contributed by atoms with Crippen LogP contribution in [0.2, 0.25) is 5.02 Å². The van der Waals surface area contributed by atoms with Crippen LogP contribution >= 0.6 is 11.6 Å². The molecule has 4 heteroatoms. The Morgan fingerprint density at radius 3 is 2.52 bits per heavy atom. The minimum absolute atomic E-state index is 0.142. The highest BCUT2D eigenvalue weighted by Crippen LogP contribution is 2.21. The molecule has 1 aromatic carbocycles. The second kappa shape index (κ2) is 7.98. The average molecular weight is 333 g/mol. The predicted molar refractivity (Wildman–Crippen MR) is 95.5 cm³/mol. The van der Waals surface area contributed by atoms with Gasteiger partial charge in [0.25, 0.3) is 0 Å². The van der Waals surface area contributed by atoms with E-state index in [1.807, 2.05) is 30.3 Å². The molecule has 2 fully saturated rings. The molecular formula is C19H25ClN2O. The van der Waals surface area contributed by atoms with Crippen molar-refractivity contribution >= 4 is 23.6 Å². The topological polar surface area (TPSA) is 23.6 Å². The van der Waals surface area contributed by atoms with Crippen molar-refractivity contribution in [1.29, 1.82) is 0 Å². The Hall–Kier alpha value is -1.32. The molecule has 0 aromatic heterocycles. The van der Waals surface area contributed by atoms with E-state index in [2.05, 4.69) is 9.80 Å². The fraction of sp³-hybridized carbons (Fsp3) is 0.526. The normalized spacial score (nSPS) is 22.8. The van der Waals surface area contributed by atoms with E-state index in [0.717, 1.165) is 36.5 Å². The van der Waals surface area contributed by atoms with Crippen molar-refractivity contribution in [3.8, 4) is 0 Å². The molecule has 3 rings (SSSR count). The van der Waals surface area contributed by atoms with Gasteiger partial charge in [-0.05, 0) is 69.0 Å². The Morgan fingerprint density at radius 1 is 1.09 bits per heavy atom. The van der Waals surface area contributed by atoms with Crippen LogP contribution in [0, 0.1) is 0 Å². The van der Waals surface area contributed by atoms with Crippen LogP contribution in [0.15, 0.2) is 30.3 Å². The van der Waals surface area contributed by atoms with Gasteiger partial charge in [-0.15, -0.1) is 0 Å². The first-order chi connectivity index (χ1) is 11.2. The second-order valence-corrected chi connectivity index (χ2v) is 7.01. The highest BCUT2D eigenvalue weighted by molar-refractivity contribution is 6.30. The molecule has 1 aromatic rings. The molecule has 0 aliphatic carbocycles. The summed E-state index contributed by atoms with van der Waals surface area (Å²) in [5, 5.41) is 0.718. The molecule has 3 nitrogen and oxygen atoms in total. The number of likely N-dealkylation sites (tertiary alicyclic amines) is 2. The van der Waals surface area contributed by atoms with Crippen LogP contribution in [0.5, 0.6) is 0 Å². The molecule has 1 unspecified atom stereocenters. The summed E-state index contributed by atoms with van der Waals surface area (Å²) < 4.78 is 0. The zero-order valence-electron chi connectivity index (χ0n) is 13.6. The third-order valence-corrected chi connectivity index (χ3v) is 5.12. The Morgan fingerprint density at radius 2 is 1.78 bits per heavy atom. The molecule has 124 valence electrons. The van der Waals surface area contributed by atoms with Crippen LogP contribution in [0.1, 0.15) is 37.7 Å². The van der Waals surface area contributed by atoms with Gasteiger partial charge >= 0.3 is 0 Å². The number of benzene rings is 1. The summed E-state index contributed by atoms with van der Waals surface area (Å²) in [6.07, 6.45) is 9.71. The second-order valence-electron chi connectivity index (χ2n) is 6.57. The lowest BCUT2D eigenvalue weighted by Crippen LogP contribution is -2.48. The molecule has 2 aliphatic rings. The van der Waals surface area contributed by atoms with Gasteiger partial charge in [-0.2, -0.15) is 0 Å². The van der Waals surface area contributed by atoms with E-state index in [1.54, 1.807) is 6.08 Å². The van der Waals surface area contributed by atoms with Crippen molar-refractivity contribution in [3.05, 3.63) is 40.9 Å². The number of hydrogen-bond acceptors (Lipinski definition) is 2. The molecule has 1 amide bonds. The van der Waals surface area contributed by atoms with E-state index in [9.17, 15) is 4.79 Å². The molecular weight excluding hydrogens is 308 g/mol. The quantitative estimate of drug-likeness (QED) is 0.782. The third kappa shape index (κ3) is 4.58. The Bertz CT molecular complexity index is 549. The first-order valence-corrected chi connectivity index (χ1v) is 9.07. The van der Waals surface area contributed by atoms with Crippen LogP contribution < -0.4 is 0 Å². The standard InChI is InChI=1S/C19H25ClN2O/c20-17-9-6-16(7-10-17)8-11-19(23)22-14-2-1-5-18(22)15-21-12-3-4-13-21/h6-11,18H,1-5,12-15H2. The number of halogens is 1.